The van der Waals surface area contributed by atoms with Gasteiger partial charge in [-0.15, -0.1) is 0 Å². The van der Waals surface area contributed by atoms with Gasteiger partial charge in [0.2, 0.25) is 0 Å². The predicted octanol–water partition coefficient (Wildman–Crippen LogP) is 3.00. The average Bonchev–Trinajstić information content (AvgIpc) is 2.43. The van der Waals surface area contributed by atoms with E-state index in [0.717, 1.165) is 22.2 Å². The molecule has 2 aromatic rings. The molecule has 0 aliphatic rings. The molecule has 1 aromatic heterocycles. The Morgan fingerprint density at radius 1 is 1.43 bits per heavy atom. The summed E-state index contributed by atoms with van der Waals surface area (Å²) >= 11 is 3.42. The Labute approximate surface area is 91.2 Å². The first-order chi connectivity index (χ1) is 6.72. The van der Waals surface area contributed by atoms with Gasteiger partial charge >= 0.3 is 0 Å². The first kappa shape index (κ1) is 9.74. The van der Waals surface area contributed by atoms with Crippen molar-refractivity contribution in [2.45, 2.75) is 13.3 Å². The molecule has 0 bridgehead atoms. The molecule has 74 valence electrons. The number of benzene rings is 1. The minimum atomic E-state index is 0.658. The highest BCUT2D eigenvalue weighted by Gasteiger charge is 2.09. The van der Waals surface area contributed by atoms with Crippen LogP contribution in [-0.2, 0) is 6.42 Å². The maximum absolute atomic E-state index is 5.65. The standard InChI is InChI=1S/C11H12BrNO/c1-7-9(4-5-13)10-3-2-8(12)6-11(10)14-7/h2-3,6H,4-5,13H2,1H3. The Kier molecular flexibility index (Phi) is 2.61. The van der Waals surface area contributed by atoms with Crippen molar-refractivity contribution < 1.29 is 4.42 Å². The van der Waals surface area contributed by atoms with Gasteiger partial charge in [-0.1, -0.05) is 15.9 Å². The lowest BCUT2D eigenvalue weighted by molar-refractivity contribution is 0.572. The van der Waals surface area contributed by atoms with Gasteiger partial charge in [-0.25, -0.2) is 0 Å². The maximum atomic E-state index is 5.65. The van der Waals surface area contributed by atoms with Gasteiger partial charge in [0.15, 0.2) is 0 Å². The summed E-state index contributed by atoms with van der Waals surface area (Å²) in [6, 6.07) is 6.08. The molecule has 0 aliphatic heterocycles. The summed E-state index contributed by atoms with van der Waals surface area (Å²) in [7, 11) is 0. The third-order valence-corrected chi connectivity index (χ3v) is 2.84. The number of furan rings is 1. The minimum Gasteiger partial charge on any atom is -0.461 e. The molecular weight excluding hydrogens is 242 g/mol. The zero-order valence-electron chi connectivity index (χ0n) is 8.01. The van der Waals surface area contributed by atoms with Crippen molar-refractivity contribution in [2.24, 2.45) is 5.73 Å². The highest BCUT2D eigenvalue weighted by atomic mass is 79.9. The second-order valence-corrected chi connectivity index (χ2v) is 4.23. The van der Waals surface area contributed by atoms with Crippen molar-refractivity contribution >= 4 is 26.9 Å². The van der Waals surface area contributed by atoms with E-state index in [9.17, 15) is 0 Å². The Balaban J connectivity index is 2.64. The van der Waals surface area contributed by atoms with E-state index in [-0.39, 0.29) is 0 Å². The number of hydrogen-bond acceptors (Lipinski definition) is 2. The summed E-state index contributed by atoms with van der Waals surface area (Å²) in [5.74, 6) is 0.976. The molecule has 0 saturated carbocycles. The van der Waals surface area contributed by atoms with Crippen molar-refractivity contribution in [3.05, 3.63) is 34.0 Å². The number of nitrogens with two attached hydrogens (primary N) is 1. The van der Waals surface area contributed by atoms with Gasteiger partial charge in [-0.2, -0.15) is 0 Å². The molecule has 0 atom stereocenters. The minimum absolute atomic E-state index is 0.658. The fourth-order valence-corrected chi connectivity index (χ4v) is 2.04. The Bertz CT molecular complexity index is 462. The number of hydrogen-bond donors (Lipinski definition) is 1. The zero-order chi connectivity index (χ0) is 10.1. The van der Waals surface area contributed by atoms with Gasteiger partial charge in [0.05, 0.1) is 0 Å². The van der Waals surface area contributed by atoms with Crippen molar-refractivity contribution in [3.8, 4) is 0 Å². The molecular formula is C11H12BrNO. The molecule has 0 fully saturated rings. The predicted molar refractivity (Wildman–Crippen MR) is 61.4 cm³/mol. The fourth-order valence-electron chi connectivity index (χ4n) is 1.70. The van der Waals surface area contributed by atoms with Crippen molar-refractivity contribution in [1.82, 2.24) is 0 Å². The number of aryl methyl sites for hydroxylation is 1. The smallest absolute Gasteiger partial charge is 0.135 e. The third kappa shape index (κ3) is 1.57. The molecule has 1 aromatic carbocycles. The molecule has 3 heteroatoms. The summed E-state index contributed by atoms with van der Waals surface area (Å²) in [6.07, 6.45) is 0.875. The van der Waals surface area contributed by atoms with Crippen molar-refractivity contribution in [2.75, 3.05) is 6.54 Å². The number of fused-ring (bicyclic) bond motifs is 1. The zero-order valence-corrected chi connectivity index (χ0v) is 9.60. The quantitative estimate of drug-likeness (QED) is 0.894. The topological polar surface area (TPSA) is 39.2 Å². The largest absolute Gasteiger partial charge is 0.461 e. The van der Waals surface area contributed by atoms with Crippen LogP contribution in [0, 0.1) is 6.92 Å². The molecule has 2 nitrogen and oxygen atoms in total. The van der Waals surface area contributed by atoms with Gasteiger partial charge in [0.25, 0.3) is 0 Å². The summed E-state index contributed by atoms with van der Waals surface area (Å²) in [5, 5.41) is 1.18. The van der Waals surface area contributed by atoms with Crippen molar-refractivity contribution in [3.63, 3.8) is 0 Å². The van der Waals surface area contributed by atoms with E-state index < -0.39 is 0 Å². The molecule has 1 heterocycles. The summed E-state index contributed by atoms with van der Waals surface area (Å²) < 4.78 is 6.69. The second kappa shape index (κ2) is 3.75. The summed E-state index contributed by atoms with van der Waals surface area (Å²) in [4.78, 5) is 0. The monoisotopic (exact) mass is 253 g/mol. The van der Waals surface area contributed by atoms with Crippen LogP contribution in [0.15, 0.2) is 27.1 Å². The van der Waals surface area contributed by atoms with Crippen LogP contribution in [-0.4, -0.2) is 6.54 Å². The molecule has 0 aliphatic carbocycles. The van der Waals surface area contributed by atoms with E-state index in [4.69, 9.17) is 10.2 Å². The van der Waals surface area contributed by atoms with E-state index in [0.29, 0.717) is 6.54 Å². The second-order valence-electron chi connectivity index (χ2n) is 3.32. The molecule has 14 heavy (non-hydrogen) atoms. The van der Waals surface area contributed by atoms with Crippen LogP contribution in [0.1, 0.15) is 11.3 Å². The molecule has 0 unspecified atom stereocenters. The van der Waals surface area contributed by atoms with Crippen LogP contribution in [0.25, 0.3) is 11.0 Å². The van der Waals surface area contributed by atoms with E-state index in [2.05, 4.69) is 22.0 Å². The lowest BCUT2D eigenvalue weighted by Gasteiger charge is -1.95. The van der Waals surface area contributed by atoms with Gasteiger partial charge in [-0.05, 0) is 38.1 Å². The Morgan fingerprint density at radius 3 is 2.93 bits per heavy atom. The van der Waals surface area contributed by atoms with E-state index in [1.807, 2.05) is 19.1 Å². The van der Waals surface area contributed by atoms with Crippen molar-refractivity contribution in [1.29, 1.82) is 0 Å². The third-order valence-electron chi connectivity index (χ3n) is 2.35. The number of rotatable bonds is 2. The lowest BCUT2D eigenvalue weighted by Crippen LogP contribution is -2.02. The van der Waals surface area contributed by atoms with Crippen LogP contribution in [0.5, 0.6) is 0 Å². The molecule has 0 radical (unpaired) electrons. The van der Waals surface area contributed by atoms with Crippen LogP contribution < -0.4 is 5.73 Å². The van der Waals surface area contributed by atoms with Crippen LogP contribution in [0.4, 0.5) is 0 Å². The molecule has 0 spiro atoms. The van der Waals surface area contributed by atoms with Crippen LogP contribution >= 0.6 is 15.9 Å². The molecule has 2 rings (SSSR count). The highest BCUT2D eigenvalue weighted by Crippen LogP contribution is 2.28. The van der Waals surface area contributed by atoms with Crippen LogP contribution in [0.3, 0.4) is 0 Å². The molecule has 0 amide bonds. The van der Waals surface area contributed by atoms with Gasteiger partial charge in [0.1, 0.15) is 11.3 Å². The number of halogens is 1. The summed E-state index contributed by atoms with van der Waals surface area (Å²) in [6.45, 7) is 2.64. The van der Waals surface area contributed by atoms with Gasteiger partial charge in [-0.3, -0.25) is 0 Å². The fraction of sp³-hybridized carbons (Fsp3) is 0.273. The first-order valence-electron chi connectivity index (χ1n) is 4.60. The van der Waals surface area contributed by atoms with E-state index in [1.165, 1.54) is 10.9 Å². The summed E-state index contributed by atoms with van der Waals surface area (Å²) in [5.41, 5.74) is 7.72. The highest BCUT2D eigenvalue weighted by molar-refractivity contribution is 9.10. The van der Waals surface area contributed by atoms with Gasteiger partial charge < -0.3 is 10.2 Å². The maximum Gasteiger partial charge on any atom is 0.135 e. The Morgan fingerprint density at radius 2 is 2.21 bits per heavy atom. The van der Waals surface area contributed by atoms with E-state index in [1.54, 1.807) is 0 Å². The first-order valence-corrected chi connectivity index (χ1v) is 5.39. The Hall–Kier alpha value is -0.800. The van der Waals surface area contributed by atoms with Gasteiger partial charge in [0, 0.05) is 15.4 Å². The normalized spacial score (nSPS) is 11.1. The SMILES string of the molecule is Cc1oc2cc(Br)ccc2c1CCN. The molecule has 2 N–H and O–H groups in total. The molecule has 0 saturated heterocycles. The average molecular weight is 254 g/mol. The lowest BCUT2D eigenvalue weighted by atomic mass is 10.1. The van der Waals surface area contributed by atoms with Crippen LogP contribution in [0.2, 0.25) is 0 Å². The van der Waals surface area contributed by atoms with E-state index >= 15 is 0 Å².